The minimum atomic E-state index is -0.0425. The zero-order chi connectivity index (χ0) is 42.8. The van der Waals surface area contributed by atoms with Crippen LogP contribution in [0.2, 0.25) is 0 Å². The van der Waals surface area contributed by atoms with E-state index in [0.717, 1.165) is 55.9 Å². The maximum atomic E-state index is 7.60. The molecule has 6 nitrogen and oxygen atoms in total. The summed E-state index contributed by atoms with van der Waals surface area (Å²) in [6.45, 7) is 28.7. The molecule has 0 radical (unpaired) electrons. The van der Waals surface area contributed by atoms with Crippen LogP contribution in [-0.4, -0.2) is 16.2 Å². The third kappa shape index (κ3) is 7.40. The number of rotatable bonds is 6. The van der Waals surface area contributed by atoms with Crippen molar-refractivity contribution in [1.29, 1.82) is 0 Å². The molecule has 8 aromatic rings. The van der Waals surface area contributed by atoms with Gasteiger partial charge in [0, 0.05) is 46.0 Å². The molecule has 0 saturated carbocycles. The van der Waals surface area contributed by atoms with Crippen LogP contribution in [0.25, 0.3) is 43.6 Å². The van der Waals surface area contributed by atoms with Crippen molar-refractivity contribution in [2.75, 3.05) is 16.5 Å². The fraction of sp³-hybridized carbons (Fsp3) is 0.236. The van der Waals surface area contributed by atoms with E-state index in [-0.39, 0.29) is 16.2 Å². The van der Waals surface area contributed by atoms with Gasteiger partial charge in [-0.15, -0.1) is 0 Å². The number of nitrogens with zero attached hydrogens (tertiary/aromatic N) is 5. The number of fused-ring (bicyclic) bond motifs is 4. The highest BCUT2D eigenvalue weighted by molar-refractivity contribution is 6.11. The molecule has 0 atom stereocenters. The molecule has 6 aromatic carbocycles. The number of hydrogen-bond acceptors (Lipinski definition) is 4. The Hall–Kier alpha value is -6.84. The van der Waals surface area contributed by atoms with Crippen molar-refractivity contribution in [3.05, 3.63) is 174 Å². The predicted molar refractivity (Wildman–Crippen MR) is 255 cm³/mol. The number of anilines is 4. The number of aromatic nitrogens is 2. The Morgan fingerprint density at radius 3 is 1.85 bits per heavy atom. The van der Waals surface area contributed by atoms with Gasteiger partial charge in [0.2, 0.25) is 0 Å². The van der Waals surface area contributed by atoms with E-state index in [1.165, 1.54) is 28.1 Å². The zero-order valence-electron chi connectivity index (χ0n) is 36.7. The number of hydrogen-bond donors (Lipinski definition) is 0. The Morgan fingerprint density at radius 1 is 0.557 bits per heavy atom. The lowest BCUT2D eigenvalue weighted by molar-refractivity contribution is 0.485. The molecular formula is C55H53N5O. The highest BCUT2D eigenvalue weighted by atomic mass is 16.5. The molecule has 0 bridgehead atoms. The second-order valence-electron chi connectivity index (χ2n) is 19.4. The van der Waals surface area contributed by atoms with Gasteiger partial charge >= 0.3 is 0 Å². The maximum absolute atomic E-state index is 7.60. The van der Waals surface area contributed by atoms with Crippen LogP contribution < -0.4 is 14.5 Å². The molecule has 0 unspecified atom stereocenters. The first kappa shape index (κ1) is 39.6. The Balaban J connectivity index is 1.16. The van der Waals surface area contributed by atoms with E-state index in [0.29, 0.717) is 18.1 Å². The van der Waals surface area contributed by atoms with Gasteiger partial charge in [0.1, 0.15) is 24.0 Å². The molecule has 0 N–H and O–H groups in total. The lowest BCUT2D eigenvalue weighted by atomic mass is 9.80. The zero-order valence-corrected chi connectivity index (χ0v) is 36.7. The Bertz CT molecular complexity index is 2970. The molecule has 1 aliphatic heterocycles. The summed E-state index contributed by atoms with van der Waals surface area (Å²) in [7, 11) is 0. The lowest BCUT2D eigenvalue weighted by Crippen LogP contribution is -2.25. The maximum Gasteiger partial charge on any atom is 0.187 e. The van der Waals surface area contributed by atoms with E-state index in [1.54, 1.807) is 0 Å². The third-order valence-electron chi connectivity index (χ3n) is 12.0. The van der Waals surface area contributed by atoms with Crippen LogP contribution in [0.5, 0.6) is 11.5 Å². The molecule has 9 rings (SSSR count). The van der Waals surface area contributed by atoms with Gasteiger partial charge in [-0.3, -0.25) is 4.57 Å². The van der Waals surface area contributed by atoms with Crippen molar-refractivity contribution in [3.8, 4) is 28.4 Å². The van der Waals surface area contributed by atoms with Gasteiger partial charge in [0.05, 0.1) is 29.0 Å². The molecule has 0 fully saturated rings. The lowest BCUT2D eigenvalue weighted by Gasteiger charge is -2.29. The molecule has 304 valence electrons. The van der Waals surface area contributed by atoms with Crippen LogP contribution in [0.3, 0.4) is 0 Å². The molecule has 0 amide bonds. The van der Waals surface area contributed by atoms with Crippen LogP contribution in [0, 0.1) is 6.57 Å². The highest BCUT2D eigenvalue weighted by Gasteiger charge is 2.30. The highest BCUT2D eigenvalue weighted by Crippen LogP contribution is 2.47. The standard InChI is InChI=1S/C55H53N5O/c1-53(2,3)37-26-27-57-52(31-37)60-47-19-12-11-18-44(47)46-33-45(36-22-24-40(56-10)25-23-36)51(34-50(46)60)61-43-17-15-16-41(32-43)58-35-59(49-21-14-13-20-48(49)58)42-29-38(54(4,5)6)28-39(30-42)55(7,8)9/h11-34H,35H2,1-9H3. The molecule has 0 saturated heterocycles. The molecule has 6 heteroatoms. The van der Waals surface area contributed by atoms with E-state index in [1.807, 2.05) is 36.5 Å². The molecule has 1 aliphatic rings. The fourth-order valence-electron chi connectivity index (χ4n) is 8.41. The van der Waals surface area contributed by atoms with E-state index in [4.69, 9.17) is 16.3 Å². The predicted octanol–water partition coefficient (Wildman–Crippen LogP) is 15.3. The van der Waals surface area contributed by atoms with Gasteiger partial charge in [0.25, 0.3) is 0 Å². The number of benzene rings is 6. The van der Waals surface area contributed by atoms with Crippen LogP contribution in [-0.2, 0) is 16.2 Å². The summed E-state index contributed by atoms with van der Waals surface area (Å²) in [6, 6.07) is 49.2. The van der Waals surface area contributed by atoms with Gasteiger partial charge in [-0.1, -0.05) is 129 Å². The summed E-state index contributed by atoms with van der Waals surface area (Å²) in [5.74, 6) is 2.31. The van der Waals surface area contributed by atoms with Crippen molar-refractivity contribution >= 4 is 50.2 Å². The van der Waals surface area contributed by atoms with Gasteiger partial charge in [-0.2, -0.15) is 0 Å². The average molecular weight is 800 g/mol. The quantitative estimate of drug-likeness (QED) is 0.157. The summed E-state index contributed by atoms with van der Waals surface area (Å²) in [5, 5.41) is 2.23. The molecule has 61 heavy (non-hydrogen) atoms. The molecular weight excluding hydrogens is 747 g/mol. The van der Waals surface area contributed by atoms with Gasteiger partial charge in [-0.05, 0) is 99.2 Å². The van der Waals surface area contributed by atoms with Crippen LogP contribution in [0.1, 0.15) is 79.0 Å². The second-order valence-corrected chi connectivity index (χ2v) is 19.4. The summed E-state index contributed by atoms with van der Waals surface area (Å²) in [5.41, 5.74) is 13.0. The third-order valence-corrected chi connectivity index (χ3v) is 12.0. The SMILES string of the molecule is [C-]#[N+]c1ccc(-c2cc3c4ccccc4n(-c4cc(C(C)(C)C)ccn4)c3cc2Oc2cccc(N3CN(c4cc(C(C)(C)C)cc(C(C)(C)C)c4)c4ccccc43)c2)cc1. The minimum Gasteiger partial charge on any atom is -0.457 e. The van der Waals surface area contributed by atoms with Crippen LogP contribution >= 0.6 is 0 Å². The van der Waals surface area contributed by atoms with Crippen molar-refractivity contribution in [2.24, 2.45) is 0 Å². The van der Waals surface area contributed by atoms with Crippen molar-refractivity contribution in [2.45, 2.75) is 78.6 Å². The Morgan fingerprint density at radius 2 is 1.20 bits per heavy atom. The van der Waals surface area contributed by atoms with Gasteiger partial charge in [0.15, 0.2) is 5.69 Å². The molecule has 2 aromatic heterocycles. The first-order valence-corrected chi connectivity index (χ1v) is 21.2. The van der Waals surface area contributed by atoms with Gasteiger partial charge in [-0.25, -0.2) is 9.83 Å². The van der Waals surface area contributed by atoms with Crippen molar-refractivity contribution in [1.82, 2.24) is 9.55 Å². The smallest absolute Gasteiger partial charge is 0.187 e. The first-order chi connectivity index (χ1) is 29.1. The Kier molecular flexibility index (Phi) is 9.55. The Labute approximate surface area is 360 Å². The summed E-state index contributed by atoms with van der Waals surface area (Å²) in [4.78, 5) is 13.4. The monoisotopic (exact) mass is 799 g/mol. The van der Waals surface area contributed by atoms with E-state index in [9.17, 15) is 0 Å². The molecule has 3 heterocycles. The van der Waals surface area contributed by atoms with Gasteiger partial charge < -0.3 is 14.5 Å². The van der Waals surface area contributed by atoms with Crippen LogP contribution in [0.4, 0.5) is 28.4 Å². The first-order valence-electron chi connectivity index (χ1n) is 21.2. The second kappa shape index (κ2) is 14.7. The van der Waals surface area contributed by atoms with E-state index >= 15 is 0 Å². The number of para-hydroxylation sites is 3. The fourth-order valence-corrected chi connectivity index (χ4v) is 8.41. The summed E-state index contributed by atoms with van der Waals surface area (Å²) >= 11 is 0. The van der Waals surface area contributed by atoms with E-state index in [2.05, 4.69) is 191 Å². The number of ether oxygens (including phenoxy) is 1. The summed E-state index contributed by atoms with van der Waals surface area (Å²) < 4.78 is 9.32. The summed E-state index contributed by atoms with van der Waals surface area (Å²) in [6.07, 6.45) is 1.91. The number of pyridine rings is 1. The molecule has 0 aliphatic carbocycles. The van der Waals surface area contributed by atoms with E-state index < -0.39 is 0 Å². The average Bonchev–Trinajstić information content (AvgIpc) is 3.78. The minimum absolute atomic E-state index is 0.00279. The van der Waals surface area contributed by atoms with Crippen molar-refractivity contribution in [3.63, 3.8) is 0 Å². The normalized spacial score (nSPS) is 13.2. The van der Waals surface area contributed by atoms with Crippen molar-refractivity contribution < 1.29 is 4.74 Å². The van der Waals surface area contributed by atoms with Crippen LogP contribution in [0.15, 0.2) is 146 Å². The topological polar surface area (TPSA) is 37.9 Å². The molecule has 0 spiro atoms. The largest absolute Gasteiger partial charge is 0.457 e.